The van der Waals surface area contributed by atoms with Gasteiger partial charge in [-0.15, -0.1) is 0 Å². The second-order valence-corrected chi connectivity index (χ2v) is 6.71. The van der Waals surface area contributed by atoms with E-state index in [0.717, 1.165) is 28.3 Å². The number of nitrogens with one attached hydrogen (secondary N) is 2. The minimum absolute atomic E-state index is 0.0780. The van der Waals surface area contributed by atoms with Gasteiger partial charge in [-0.25, -0.2) is 0 Å². The number of hydrogen-bond donors (Lipinski definition) is 2. The number of hydrogen-bond acceptors (Lipinski definition) is 4. The largest absolute Gasteiger partial charge is 0.491 e. The third-order valence-corrected chi connectivity index (χ3v) is 3.56. The summed E-state index contributed by atoms with van der Waals surface area (Å²) in [6.45, 7) is 10.9. The molecule has 0 spiro atoms. The van der Waals surface area contributed by atoms with Gasteiger partial charge < -0.3 is 20.1 Å². The van der Waals surface area contributed by atoms with E-state index < -0.39 is 0 Å². The SMILES string of the molecule is C=C(C)COc1cccc(NCC(=O)NCc2ccc(OC(C)C)cc2)c1. The number of anilines is 1. The fourth-order valence-corrected chi connectivity index (χ4v) is 2.31. The first-order valence-corrected chi connectivity index (χ1v) is 9.06. The van der Waals surface area contributed by atoms with Gasteiger partial charge in [0.05, 0.1) is 12.6 Å². The number of amides is 1. The lowest BCUT2D eigenvalue weighted by molar-refractivity contribution is -0.119. The van der Waals surface area contributed by atoms with Gasteiger partial charge in [-0.1, -0.05) is 24.8 Å². The van der Waals surface area contributed by atoms with E-state index in [-0.39, 0.29) is 18.6 Å². The van der Waals surface area contributed by atoms with Crippen LogP contribution < -0.4 is 20.1 Å². The van der Waals surface area contributed by atoms with Crippen molar-refractivity contribution >= 4 is 11.6 Å². The molecule has 0 bridgehead atoms. The predicted molar refractivity (Wildman–Crippen MR) is 109 cm³/mol. The van der Waals surface area contributed by atoms with Crippen molar-refractivity contribution in [3.63, 3.8) is 0 Å². The number of benzene rings is 2. The lowest BCUT2D eigenvalue weighted by Crippen LogP contribution is -2.29. The Morgan fingerprint density at radius 2 is 1.85 bits per heavy atom. The van der Waals surface area contributed by atoms with E-state index in [2.05, 4.69) is 17.2 Å². The number of carbonyl (C=O) groups is 1. The first-order valence-electron chi connectivity index (χ1n) is 9.06. The zero-order valence-corrected chi connectivity index (χ0v) is 16.2. The Hall–Kier alpha value is -2.95. The van der Waals surface area contributed by atoms with Crippen molar-refractivity contribution in [2.75, 3.05) is 18.5 Å². The zero-order chi connectivity index (χ0) is 19.6. The van der Waals surface area contributed by atoms with E-state index in [4.69, 9.17) is 9.47 Å². The number of ether oxygens (including phenoxy) is 2. The van der Waals surface area contributed by atoms with Crippen molar-refractivity contribution in [2.45, 2.75) is 33.4 Å². The maximum absolute atomic E-state index is 12.1. The lowest BCUT2D eigenvalue weighted by Gasteiger charge is -2.11. The van der Waals surface area contributed by atoms with E-state index in [0.29, 0.717) is 13.2 Å². The third-order valence-electron chi connectivity index (χ3n) is 3.56. The van der Waals surface area contributed by atoms with Crippen molar-refractivity contribution in [3.8, 4) is 11.5 Å². The Balaban J connectivity index is 1.76. The highest BCUT2D eigenvalue weighted by Gasteiger charge is 2.04. The molecular weight excluding hydrogens is 340 g/mol. The molecule has 0 aliphatic heterocycles. The molecule has 5 heteroatoms. The fraction of sp³-hybridized carbons (Fsp3) is 0.318. The molecule has 27 heavy (non-hydrogen) atoms. The molecule has 2 N–H and O–H groups in total. The summed E-state index contributed by atoms with van der Waals surface area (Å²) in [6, 6.07) is 15.3. The van der Waals surface area contributed by atoms with Crippen molar-refractivity contribution in [1.29, 1.82) is 0 Å². The maximum Gasteiger partial charge on any atom is 0.239 e. The van der Waals surface area contributed by atoms with Crippen LogP contribution in [0.5, 0.6) is 11.5 Å². The van der Waals surface area contributed by atoms with Crippen molar-refractivity contribution < 1.29 is 14.3 Å². The number of rotatable bonds is 10. The van der Waals surface area contributed by atoms with Crippen molar-refractivity contribution in [3.05, 3.63) is 66.2 Å². The van der Waals surface area contributed by atoms with Crippen LogP contribution >= 0.6 is 0 Å². The van der Waals surface area contributed by atoms with Crippen LogP contribution in [0.4, 0.5) is 5.69 Å². The standard InChI is InChI=1S/C22H28N2O3/c1-16(2)15-26-21-7-5-6-19(12-21)23-14-22(25)24-13-18-8-10-20(11-9-18)27-17(3)4/h5-12,17,23H,1,13-15H2,2-4H3,(H,24,25). The summed E-state index contributed by atoms with van der Waals surface area (Å²) < 4.78 is 11.2. The van der Waals surface area contributed by atoms with Crippen LogP contribution in [-0.2, 0) is 11.3 Å². The van der Waals surface area contributed by atoms with Crippen LogP contribution in [-0.4, -0.2) is 25.2 Å². The minimum atomic E-state index is -0.0780. The Kier molecular flexibility index (Phi) is 7.74. The van der Waals surface area contributed by atoms with Gasteiger partial charge in [0.25, 0.3) is 0 Å². The van der Waals surface area contributed by atoms with Gasteiger partial charge in [-0.2, -0.15) is 0 Å². The maximum atomic E-state index is 12.1. The van der Waals surface area contributed by atoms with Crippen LogP contribution in [0.1, 0.15) is 26.3 Å². The summed E-state index contributed by atoms with van der Waals surface area (Å²) in [7, 11) is 0. The molecule has 0 saturated carbocycles. The summed E-state index contributed by atoms with van der Waals surface area (Å²) in [5.41, 5.74) is 2.81. The van der Waals surface area contributed by atoms with Gasteiger partial charge in [-0.05, 0) is 56.2 Å². The second kappa shape index (κ2) is 10.3. The Morgan fingerprint density at radius 1 is 1.11 bits per heavy atom. The average molecular weight is 368 g/mol. The highest BCUT2D eigenvalue weighted by atomic mass is 16.5. The summed E-state index contributed by atoms with van der Waals surface area (Å²) in [4.78, 5) is 12.1. The molecule has 2 aromatic carbocycles. The lowest BCUT2D eigenvalue weighted by atomic mass is 10.2. The molecule has 1 amide bonds. The summed E-state index contributed by atoms with van der Waals surface area (Å²) in [6.07, 6.45) is 0.145. The topological polar surface area (TPSA) is 59.6 Å². The smallest absolute Gasteiger partial charge is 0.239 e. The Bertz CT molecular complexity index is 754. The molecule has 2 rings (SSSR count). The molecule has 0 aliphatic rings. The summed E-state index contributed by atoms with van der Waals surface area (Å²) in [5.74, 6) is 1.49. The highest BCUT2D eigenvalue weighted by molar-refractivity contribution is 5.80. The van der Waals surface area contributed by atoms with Gasteiger partial charge in [0.1, 0.15) is 18.1 Å². The van der Waals surface area contributed by atoms with Crippen LogP contribution in [0.3, 0.4) is 0 Å². The molecule has 0 aliphatic carbocycles. The van der Waals surface area contributed by atoms with E-state index >= 15 is 0 Å². The number of carbonyl (C=O) groups excluding carboxylic acids is 1. The first-order chi connectivity index (χ1) is 12.9. The quantitative estimate of drug-likeness (QED) is 0.618. The summed E-state index contributed by atoms with van der Waals surface area (Å²) in [5, 5.41) is 6.00. The highest BCUT2D eigenvalue weighted by Crippen LogP contribution is 2.17. The molecule has 0 heterocycles. The van der Waals surface area contributed by atoms with E-state index in [9.17, 15) is 4.79 Å². The van der Waals surface area contributed by atoms with E-state index in [1.807, 2.05) is 69.3 Å². The van der Waals surface area contributed by atoms with Crippen LogP contribution in [0.25, 0.3) is 0 Å². The van der Waals surface area contributed by atoms with Gasteiger partial charge in [-0.3, -0.25) is 4.79 Å². The van der Waals surface area contributed by atoms with E-state index in [1.165, 1.54) is 0 Å². The Morgan fingerprint density at radius 3 is 2.52 bits per heavy atom. The molecule has 0 fully saturated rings. The molecule has 0 unspecified atom stereocenters. The molecule has 0 aromatic heterocycles. The second-order valence-electron chi connectivity index (χ2n) is 6.71. The molecule has 0 saturated heterocycles. The monoisotopic (exact) mass is 368 g/mol. The molecule has 144 valence electrons. The van der Waals surface area contributed by atoms with E-state index in [1.54, 1.807) is 0 Å². The van der Waals surface area contributed by atoms with Crippen LogP contribution in [0, 0.1) is 0 Å². The van der Waals surface area contributed by atoms with Crippen LogP contribution in [0.15, 0.2) is 60.7 Å². The van der Waals surface area contributed by atoms with Crippen molar-refractivity contribution in [1.82, 2.24) is 5.32 Å². The zero-order valence-electron chi connectivity index (χ0n) is 16.2. The Labute approximate surface area is 161 Å². The fourth-order valence-electron chi connectivity index (χ4n) is 2.31. The molecular formula is C22H28N2O3. The van der Waals surface area contributed by atoms with Gasteiger partial charge >= 0.3 is 0 Å². The third kappa shape index (κ3) is 7.86. The minimum Gasteiger partial charge on any atom is -0.491 e. The average Bonchev–Trinajstić information content (AvgIpc) is 2.64. The molecule has 0 radical (unpaired) electrons. The summed E-state index contributed by atoms with van der Waals surface area (Å²) >= 11 is 0. The predicted octanol–water partition coefficient (Wildman–Crippen LogP) is 4.16. The van der Waals surface area contributed by atoms with Gasteiger partial charge in [0.15, 0.2) is 0 Å². The molecule has 0 atom stereocenters. The molecule has 5 nitrogen and oxygen atoms in total. The van der Waals surface area contributed by atoms with Crippen molar-refractivity contribution in [2.24, 2.45) is 0 Å². The van der Waals surface area contributed by atoms with Crippen LogP contribution in [0.2, 0.25) is 0 Å². The molecule has 2 aromatic rings. The van der Waals surface area contributed by atoms with Gasteiger partial charge in [0.2, 0.25) is 5.91 Å². The normalized spacial score (nSPS) is 10.4. The van der Waals surface area contributed by atoms with Gasteiger partial charge in [0, 0.05) is 18.3 Å². The first kappa shape index (κ1) is 20.4.